The van der Waals surface area contributed by atoms with Crippen molar-refractivity contribution in [2.75, 3.05) is 5.75 Å². The first-order valence-corrected chi connectivity index (χ1v) is 6.75. The van der Waals surface area contributed by atoms with E-state index in [0.29, 0.717) is 0 Å². The average Bonchev–Trinajstić information content (AvgIpc) is 2.31. The minimum absolute atomic E-state index is 0.203. The number of rotatable bonds is 6. The highest BCUT2D eigenvalue weighted by molar-refractivity contribution is 7.99. The van der Waals surface area contributed by atoms with E-state index in [9.17, 15) is 9.59 Å². The van der Waals surface area contributed by atoms with E-state index < -0.39 is 12.0 Å². The fourth-order valence-electron chi connectivity index (χ4n) is 1.41. The maximum Gasteiger partial charge on any atom is 0.325 e. The molecule has 1 aromatic carbocycles. The van der Waals surface area contributed by atoms with Crippen LogP contribution in [-0.4, -0.2) is 28.8 Å². The number of amides is 1. The third kappa shape index (κ3) is 4.79. The van der Waals surface area contributed by atoms with E-state index in [-0.39, 0.29) is 12.3 Å². The Kier molecular flexibility index (Phi) is 5.71. The van der Waals surface area contributed by atoms with Crippen LogP contribution in [0.25, 0.3) is 0 Å². The summed E-state index contributed by atoms with van der Waals surface area (Å²) in [5.74, 6) is -0.297. The van der Waals surface area contributed by atoms with Crippen LogP contribution < -0.4 is 5.32 Å². The summed E-state index contributed by atoms with van der Waals surface area (Å²) in [4.78, 5) is 23.3. The van der Waals surface area contributed by atoms with Gasteiger partial charge in [-0.2, -0.15) is 0 Å². The Morgan fingerprint density at radius 1 is 1.33 bits per heavy atom. The molecular weight excluding hydrogens is 250 g/mol. The predicted octanol–water partition coefficient (Wildman–Crippen LogP) is 1.93. The normalized spacial score (nSPS) is 11.9. The smallest absolute Gasteiger partial charge is 0.325 e. The van der Waals surface area contributed by atoms with Gasteiger partial charge in [0.15, 0.2) is 0 Å². The average molecular weight is 267 g/mol. The van der Waals surface area contributed by atoms with Gasteiger partial charge < -0.3 is 10.4 Å². The summed E-state index contributed by atoms with van der Waals surface area (Å²) in [5, 5.41) is 11.1. The van der Waals surface area contributed by atoms with Crippen LogP contribution in [-0.2, 0) is 16.0 Å². The molecule has 4 nitrogen and oxygen atoms in total. The number of hydrogen-bond donors (Lipinski definition) is 2. The Bertz CT molecular complexity index is 417. The zero-order valence-corrected chi connectivity index (χ0v) is 11.3. The second kappa shape index (κ2) is 7.06. The van der Waals surface area contributed by atoms with Gasteiger partial charge >= 0.3 is 5.97 Å². The third-order valence-corrected chi connectivity index (χ3v) is 3.24. The molecule has 2 N–H and O–H groups in total. The summed E-state index contributed by atoms with van der Waals surface area (Å²) in [7, 11) is 0. The van der Waals surface area contributed by atoms with Gasteiger partial charge in [0.2, 0.25) is 5.91 Å². The lowest BCUT2D eigenvalue weighted by molar-refractivity contribution is -0.141. The molecule has 5 heteroatoms. The Balaban J connectivity index is 2.51. The van der Waals surface area contributed by atoms with Gasteiger partial charge in [-0.05, 0) is 30.4 Å². The Hall–Kier alpha value is -1.49. The Labute approximate surface area is 111 Å². The second-order valence-corrected chi connectivity index (χ2v) is 5.22. The minimum atomic E-state index is -1.03. The van der Waals surface area contributed by atoms with Crippen molar-refractivity contribution in [3.8, 4) is 0 Å². The highest BCUT2D eigenvalue weighted by Crippen LogP contribution is 2.17. The fraction of sp³-hybridized carbons (Fsp3) is 0.385. The standard InChI is InChI=1S/C13H17NO3S/c1-3-18-11-6-4-10(5-7-11)8-12(15)14-9(2)13(16)17/h4-7,9H,3,8H2,1-2H3,(H,14,15)(H,16,17). The first-order valence-electron chi connectivity index (χ1n) is 5.76. The summed E-state index contributed by atoms with van der Waals surface area (Å²) >= 11 is 1.74. The van der Waals surface area contributed by atoms with Crippen molar-refractivity contribution >= 4 is 23.6 Å². The lowest BCUT2D eigenvalue weighted by Crippen LogP contribution is -2.39. The lowest BCUT2D eigenvalue weighted by atomic mass is 10.1. The molecule has 0 aliphatic heterocycles. The lowest BCUT2D eigenvalue weighted by Gasteiger charge is -2.09. The van der Waals surface area contributed by atoms with E-state index in [2.05, 4.69) is 12.2 Å². The number of benzene rings is 1. The topological polar surface area (TPSA) is 66.4 Å². The van der Waals surface area contributed by atoms with Crippen molar-refractivity contribution in [3.05, 3.63) is 29.8 Å². The highest BCUT2D eigenvalue weighted by Gasteiger charge is 2.13. The molecule has 0 aliphatic rings. The largest absolute Gasteiger partial charge is 0.480 e. The molecule has 18 heavy (non-hydrogen) atoms. The molecule has 0 saturated carbocycles. The van der Waals surface area contributed by atoms with E-state index in [1.165, 1.54) is 11.8 Å². The number of hydrogen-bond acceptors (Lipinski definition) is 3. The van der Waals surface area contributed by atoms with Gasteiger partial charge in [-0.15, -0.1) is 11.8 Å². The van der Waals surface area contributed by atoms with Gasteiger partial charge in [-0.25, -0.2) is 0 Å². The van der Waals surface area contributed by atoms with Crippen LogP contribution in [0.1, 0.15) is 19.4 Å². The summed E-state index contributed by atoms with van der Waals surface area (Å²) in [5.41, 5.74) is 0.880. The minimum Gasteiger partial charge on any atom is -0.480 e. The number of carbonyl (C=O) groups is 2. The molecule has 0 spiro atoms. The van der Waals surface area contributed by atoms with Crippen LogP contribution in [0.2, 0.25) is 0 Å². The number of nitrogens with one attached hydrogen (secondary N) is 1. The quantitative estimate of drug-likeness (QED) is 0.773. The first-order chi connectivity index (χ1) is 8.52. The van der Waals surface area contributed by atoms with Crippen molar-refractivity contribution in [1.29, 1.82) is 0 Å². The molecule has 0 aliphatic carbocycles. The van der Waals surface area contributed by atoms with E-state index in [1.807, 2.05) is 24.3 Å². The molecule has 1 atom stereocenters. The third-order valence-electron chi connectivity index (χ3n) is 2.35. The van der Waals surface area contributed by atoms with Gasteiger partial charge in [-0.3, -0.25) is 9.59 Å². The molecule has 98 valence electrons. The van der Waals surface area contributed by atoms with Gasteiger partial charge in [0.1, 0.15) is 6.04 Å². The summed E-state index contributed by atoms with van der Waals surface area (Å²) in [6, 6.07) is 6.87. The highest BCUT2D eigenvalue weighted by atomic mass is 32.2. The van der Waals surface area contributed by atoms with Crippen LogP contribution in [0.3, 0.4) is 0 Å². The summed E-state index contributed by atoms with van der Waals surface area (Å²) in [6.07, 6.45) is 0.203. The molecular formula is C13H17NO3S. The molecule has 0 radical (unpaired) electrons. The number of thioether (sulfide) groups is 1. The maximum absolute atomic E-state index is 11.6. The Morgan fingerprint density at radius 2 is 1.94 bits per heavy atom. The summed E-state index contributed by atoms with van der Waals surface area (Å²) < 4.78 is 0. The van der Waals surface area contributed by atoms with Crippen molar-refractivity contribution in [2.24, 2.45) is 0 Å². The number of carbonyl (C=O) groups excluding carboxylic acids is 1. The van der Waals surface area contributed by atoms with Gasteiger partial charge in [-0.1, -0.05) is 19.1 Å². The van der Waals surface area contributed by atoms with Crippen molar-refractivity contribution in [2.45, 2.75) is 31.2 Å². The van der Waals surface area contributed by atoms with E-state index in [0.717, 1.165) is 11.3 Å². The number of carboxylic acid groups (broad SMARTS) is 1. The number of aliphatic carboxylic acids is 1. The van der Waals surface area contributed by atoms with Crippen LogP contribution in [0.15, 0.2) is 29.2 Å². The molecule has 1 aromatic rings. The SMILES string of the molecule is CCSc1ccc(CC(=O)NC(C)C(=O)O)cc1. The molecule has 1 rings (SSSR count). The molecule has 0 bridgehead atoms. The first kappa shape index (κ1) is 14.6. The van der Waals surface area contributed by atoms with Crippen LogP contribution in [0, 0.1) is 0 Å². The molecule has 0 fully saturated rings. The monoisotopic (exact) mass is 267 g/mol. The molecule has 0 aromatic heterocycles. The molecule has 1 amide bonds. The van der Waals surface area contributed by atoms with Crippen molar-refractivity contribution in [1.82, 2.24) is 5.32 Å². The van der Waals surface area contributed by atoms with E-state index in [4.69, 9.17) is 5.11 Å². The summed E-state index contributed by atoms with van der Waals surface area (Å²) in [6.45, 7) is 3.53. The van der Waals surface area contributed by atoms with Crippen LogP contribution in [0.4, 0.5) is 0 Å². The van der Waals surface area contributed by atoms with Gasteiger partial charge in [0.25, 0.3) is 0 Å². The molecule has 1 unspecified atom stereocenters. The number of carboxylic acids is 1. The predicted molar refractivity (Wildman–Crippen MR) is 71.8 cm³/mol. The second-order valence-electron chi connectivity index (χ2n) is 3.88. The Morgan fingerprint density at radius 3 is 2.44 bits per heavy atom. The zero-order valence-electron chi connectivity index (χ0n) is 10.5. The van der Waals surface area contributed by atoms with Crippen molar-refractivity contribution in [3.63, 3.8) is 0 Å². The van der Waals surface area contributed by atoms with Crippen molar-refractivity contribution < 1.29 is 14.7 Å². The van der Waals surface area contributed by atoms with Gasteiger partial charge in [0, 0.05) is 4.90 Å². The zero-order chi connectivity index (χ0) is 13.5. The van der Waals surface area contributed by atoms with Gasteiger partial charge in [0.05, 0.1) is 6.42 Å². The maximum atomic E-state index is 11.6. The van der Waals surface area contributed by atoms with Crippen LogP contribution in [0.5, 0.6) is 0 Å². The van der Waals surface area contributed by atoms with Crippen LogP contribution >= 0.6 is 11.8 Å². The molecule has 0 saturated heterocycles. The fourth-order valence-corrected chi connectivity index (χ4v) is 2.07. The van der Waals surface area contributed by atoms with E-state index in [1.54, 1.807) is 11.8 Å². The molecule has 0 heterocycles. The van der Waals surface area contributed by atoms with E-state index >= 15 is 0 Å².